The van der Waals surface area contributed by atoms with Gasteiger partial charge in [-0.25, -0.2) is 0 Å². The van der Waals surface area contributed by atoms with Gasteiger partial charge in [0.25, 0.3) is 0 Å². The third-order valence-corrected chi connectivity index (χ3v) is 4.66. The van der Waals surface area contributed by atoms with Gasteiger partial charge in [-0.15, -0.1) is 0 Å². The Kier molecular flexibility index (Phi) is 5.84. The minimum Gasteiger partial charge on any atom is -0.381 e. The molecule has 1 aromatic rings. The average molecular weight is 326 g/mol. The molecule has 0 radical (unpaired) electrons. The molecule has 2 rings (SSSR count). The SMILES string of the molecule is COC(c1ccc(Cl)cc1)C(C)NC(=O)C1(C)CCOCC1. The first-order valence-electron chi connectivity index (χ1n) is 7.63. The van der Waals surface area contributed by atoms with Crippen LogP contribution in [0, 0.1) is 5.41 Å². The van der Waals surface area contributed by atoms with Crippen molar-refractivity contribution in [2.75, 3.05) is 20.3 Å². The minimum atomic E-state index is -0.356. The predicted molar refractivity (Wildman–Crippen MR) is 87.0 cm³/mol. The van der Waals surface area contributed by atoms with E-state index >= 15 is 0 Å². The second kappa shape index (κ2) is 7.44. The predicted octanol–water partition coefficient (Wildman–Crippen LogP) is 3.35. The van der Waals surface area contributed by atoms with Gasteiger partial charge in [0, 0.05) is 25.3 Å². The molecule has 0 aliphatic carbocycles. The second-order valence-corrected chi connectivity index (χ2v) is 6.58. The van der Waals surface area contributed by atoms with Crippen molar-refractivity contribution in [2.45, 2.75) is 38.8 Å². The summed E-state index contributed by atoms with van der Waals surface area (Å²) in [6, 6.07) is 7.39. The molecule has 1 fully saturated rings. The molecule has 0 aromatic heterocycles. The molecule has 2 unspecified atom stereocenters. The molecule has 1 aliphatic rings. The summed E-state index contributed by atoms with van der Waals surface area (Å²) < 4.78 is 10.9. The van der Waals surface area contributed by atoms with Crippen molar-refractivity contribution in [3.63, 3.8) is 0 Å². The van der Waals surface area contributed by atoms with Crippen molar-refractivity contribution in [3.8, 4) is 0 Å². The number of hydrogen-bond donors (Lipinski definition) is 1. The molecule has 1 N–H and O–H groups in total. The second-order valence-electron chi connectivity index (χ2n) is 6.14. The molecule has 1 aromatic carbocycles. The lowest BCUT2D eigenvalue weighted by atomic mass is 9.81. The number of benzene rings is 1. The van der Waals surface area contributed by atoms with Crippen molar-refractivity contribution in [2.24, 2.45) is 5.41 Å². The normalized spacial score (nSPS) is 20.2. The maximum absolute atomic E-state index is 12.6. The Bertz CT molecular complexity index is 497. The fourth-order valence-corrected chi connectivity index (χ4v) is 2.91. The van der Waals surface area contributed by atoms with Crippen LogP contribution in [0.15, 0.2) is 24.3 Å². The molecular formula is C17H24ClNO3. The minimum absolute atomic E-state index is 0.0688. The summed E-state index contributed by atoms with van der Waals surface area (Å²) in [4.78, 5) is 12.6. The first-order chi connectivity index (χ1) is 10.5. The first kappa shape index (κ1) is 17.3. The van der Waals surface area contributed by atoms with Crippen LogP contribution in [-0.2, 0) is 14.3 Å². The zero-order valence-corrected chi connectivity index (χ0v) is 14.2. The zero-order valence-electron chi connectivity index (χ0n) is 13.4. The van der Waals surface area contributed by atoms with Crippen LogP contribution >= 0.6 is 11.6 Å². The number of amides is 1. The Balaban J connectivity index is 2.04. The number of carbonyl (C=O) groups is 1. The topological polar surface area (TPSA) is 47.6 Å². The molecule has 4 nitrogen and oxygen atoms in total. The summed E-state index contributed by atoms with van der Waals surface area (Å²) in [5.41, 5.74) is 0.641. The Morgan fingerprint density at radius 2 is 1.91 bits per heavy atom. The molecule has 5 heteroatoms. The van der Waals surface area contributed by atoms with Crippen molar-refractivity contribution in [1.29, 1.82) is 0 Å². The molecule has 1 amide bonds. The summed E-state index contributed by atoms with van der Waals surface area (Å²) in [5, 5.41) is 3.79. The van der Waals surface area contributed by atoms with E-state index in [1.165, 1.54) is 0 Å². The first-order valence-corrected chi connectivity index (χ1v) is 8.01. The van der Waals surface area contributed by atoms with Crippen molar-refractivity contribution >= 4 is 17.5 Å². The van der Waals surface area contributed by atoms with Gasteiger partial charge in [-0.05, 0) is 37.5 Å². The largest absolute Gasteiger partial charge is 0.381 e. The van der Waals surface area contributed by atoms with Crippen LogP contribution in [0.1, 0.15) is 38.4 Å². The Morgan fingerprint density at radius 1 is 1.32 bits per heavy atom. The Hall–Kier alpha value is -1.10. The van der Waals surface area contributed by atoms with E-state index in [1.807, 2.05) is 38.1 Å². The summed E-state index contributed by atoms with van der Waals surface area (Å²) in [6.45, 7) is 5.25. The smallest absolute Gasteiger partial charge is 0.226 e. The van der Waals surface area contributed by atoms with Crippen molar-refractivity contribution in [3.05, 3.63) is 34.9 Å². The Labute approximate surface area is 137 Å². The van der Waals surface area contributed by atoms with E-state index in [0.29, 0.717) is 18.2 Å². The number of hydrogen-bond acceptors (Lipinski definition) is 3. The maximum atomic E-state index is 12.6. The number of rotatable bonds is 5. The monoisotopic (exact) mass is 325 g/mol. The van der Waals surface area contributed by atoms with Gasteiger partial charge in [-0.3, -0.25) is 4.79 Å². The summed E-state index contributed by atoms with van der Waals surface area (Å²) in [7, 11) is 1.65. The number of nitrogens with one attached hydrogen (secondary N) is 1. The fourth-order valence-electron chi connectivity index (χ4n) is 2.79. The highest BCUT2D eigenvalue weighted by Gasteiger charge is 2.36. The van der Waals surface area contributed by atoms with Crippen LogP contribution in [-0.4, -0.2) is 32.3 Å². The van der Waals surface area contributed by atoms with Crippen molar-refractivity contribution < 1.29 is 14.3 Å². The summed E-state index contributed by atoms with van der Waals surface area (Å²) in [6.07, 6.45) is 1.30. The van der Waals surface area contributed by atoms with E-state index in [4.69, 9.17) is 21.1 Å². The quantitative estimate of drug-likeness (QED) is 0.903. The molecule has 122 valence electrons. The molecule has 1 aliphatic heterocycles. The lowest BCUT2D eigenvalue weighted by molar-refractivity contribution is -0.137. The van der Waals surface area contributed by atoms with Gasteiger partial charge in [0.15, 0.2) is 0 Å². The highest BCUT2D eigenvalue weighted by Crippen LogP contribution is 2.31. The third-order valence-electron chi connectivity index (χ3n) is 4.41. The van der Waals surface area contributed by atoms with Gasteiger partial charge in [0.1, 0.15) is 6.10 Å². The molecule has 0 saturated carbocycles. The Morgan fingerprint density at radius 3 is 2.45 bits per heavy atom. The highest BCUT2D eigenvalue weighted by molar-refractivity contribution is 6.30. The van der Waals surface area contributed by atoms with Crippen LogP contribution in [0.5, 0.6) is 0 Å². The molecule has 0 bridgehead atoms. The van der Waals surface area contributed by atoms with Crippen LogP contribution in [0.4, 0.5) is 0 Å². The lowest BCUT2D eigenvalue weighted by Crippen LogP contribution is -2.47. The van der Waals surface area contributed by atoms with E-state index in [0.717, 1.165) is 18.4 Å². The van der Waals surface area contributed by atoms with E-state index in [1.54, 1.807) is 7.11 Å². The summed E-state index contributed by atoms with van der Waals surface area (Å²) in [5.74, 6) is 0.0688. The van der Waals surface area contributed by atoms with Crippen LogP contribution in [0.2, 0.25) is 5.02 Å². The van der Waals surface area contributed by atoms with Crippen LogP contribution in [0.25, 0.3) is 0 Å². The van der Waals surface area contributed by atoms with Crippen LogP contribution < -0.4 is 5.32 Å². The number of ether oxygens (including phenoxy) is 2. The molecule has 1 saturated heterocycles. The maximum Gasteiger partial charge on any atom is 0.226 e. The molecule has 1 heterocycles. The molecule has 0 spiro atoms. The van der Waals surface area contributed by atoms with E-state index in [-0.39, 0.29) is 23.5 Å². The van der Waals surface area contributed by atoms with E-state index < -0.39 is 0 Å². The fraction of sp³-hybridized carbons (Fsp3) is 0.588. The molecule has 2 atom stereocenters. The van der Waals surface area contributed by atoms with Crippen LogP contribution in [0.3, 0.4) is 0 Å². The third kappa shape index (κ3) is 4.00. The van der Waals surface area contributed by atoms with Gasteiger partial charge in [-0.2, -0.15) is 0 Å². The van der Waals surface area contributed by atoms with Gasteiger partial charge in [-0.1, -0.05) is 30.7 Å². The molecular weight excluding hydrogens is 302 g/mol. The van der Waals surface area contributed by atoms with Gasteiger partial charge < -0.3 is 14.8 Å². The summed E-state index contributed by atoms with van der Waals surface area (Å²) >= 11 is 5.92. The van der Waals surface area contributed by atoms with Gasteiger partial charge >= 0.3 is 0 Å². The van der Waals surface area contributed by atoms with E-state index in [9.17, 15) is 4.79 Å². The van der Waals surface area contributed by atoms with Gasteiger partial charge in [0.05, 0.1) is 11.5 Å². The lowest BCUT2D eigenvalue weighted by Gasteiger charge is -2.34. The standard InChI is InChI=1S/C17H24ClNO3/c1-12(15(21-3)13-4-6-14(18)7-5-13)19-16(20)17(2)8-10-22-11-9-17/h4-7,12,15H,8-11H2,1-3H3,(H,19,20). The van der Waals surface area contributed by atoms with Gasteiger partial charge in [0.2, 0.25) is 5.91 Å². The average Bonchev–Trinajstić information content (AvgIpc) is 2.50. The van der Waals surface area contributed by atoms with E-state index in [2.05, 4.69) is 5.32 Å². The highest BCUT2D eigenvalue weighted by atomic mass is 35.5. The zero-order chi connectivity index (χ0) is 16.2. The van der Waals surface area contributed by atoms with Crippen molar-refractivity contribution in [1.82, 2.24) is 5.32 Å². The number of halogens is 1. The number of methoxy groups -OCH3 is 1. The molecule has 22 heavy (non-hydrogen) atoms. The number of carbonyl (C=O) groups excluding carboxylic acids is 1.